The van der Waals surface area contributed by atoms with Crippen LogP contribution >= 0.6 is 11.6 Å². The van der Waals surface area contributed by atoms with Crippen LogP contribution in [0.2, 0.25) is 5.02 Å². The number of amides is 1. The van der Waals surface area contributed by atoms with E-state index in [2.05, 4.69) is 10.2 Å². The molecule has 0 radical (unpaired) electrons. The molecule has 6 heteroatoms. The molecule has 0 bridgehead atoms. The molecule has 1 saturated heterocycles. The van der Waals surface area contributed by atoms with Gasteiger partial charge in [-0.05, 0) is 35.9 Å². The number of rotatable bonds is 4. The molecule has 1 heterocycles. The zero-order valence-electron chi connectivity index (χ0n) is 13.7. The second kappa shape index (κ2) is 8.13. The second-order valence-corrected chi connectivity index (χ2v) is 6.25. The molecule has 0 atom stereocenters. The van der Waals surface area contributed by atoms with Gasteiger partial charge in [-0.2, -0.15) is 5.26 Å². The number of ether oxygens (including phenoxy) is 1. The maximum Gasteiger partial charge on any atom is 0.255 e. The number of hydrogen-bond acceptors (Lipinski definition) is 4. The molecule has 1 aliphatic rings. The number of nitriles is 1. The largest absolute Gasteiger partial charge is 0.379 e. The average Bonchev–Trinajstić information content (AvgIpc) is 2.65. The highest BCUT2D eigenvalue weighted by molar-refractivity contribution is 6.31. The Morgan fingerprint density at radius 2 is 2.04 bits per heavy atom. The van der Waals surface area contributed by atoms with E-state index < -0.39 is 0 Å². The number of nitrogens with one attached hydrogen (secondary N) is 1. The predicted molar refractivity (Wildman–Crippen MR) is 96.7 cm³/mol. The van der Waals surface area contributed by atoms with Crippen LogP contribution in [0.5, 0.6) is 0 Å². The van der Waals surface area contributed by atoms with E-state index in [4.69, 9.17) is 21.6 Å². The van der Waals surface area contributed by atoms with Crippen molar-refractivity contribution in [1.29, 1.82) is 5.26 Å². The topological polar surface area (TPSA) is 65.4 Å². The first-order valence-electron chi connectivity index (χ1n) is 8.06. The number of halogens is 1. The molecule has 2 aromatic carbocycles. The van der Waals surface area contributed by atoms with Crippen LogP contribution < -0.4 is 5.32 Å². The summed E-state index contributed by atoms with van der Waals surface area (Å²) in [5.74, 6) is -0.269. The van der Waals surface area contributed by atoms with Gasteiger partial charge in [0.1, 0.15) is 0 Å². The number of carbonyl (C=O) groups is 1. The Labute approximate surface area is 151 Å². The van der Waals surface area contributed by atoms with Crippen LogP contribution in [0.4, 0.5) is 5.69 Å². The van der Waals surface area contributed by atoms with Crippen LogP contribution in [0.3, 0.4) is 0 Å². The summed E-state index contributed by atoms with van der Waals surface area (Å²) in [5, 5.41) is 12.4. The van der Waals surface area contributed by atoms with Crippen molar-refractivity contribution in [1.82, 2.24) is 4.90 Å². The van der Waals surface area contributed by atoms with E-state index >= 15 is 0 Å². The highest BCUT2D eigenvalue weighted by Gasteiger charge is 2.13. The zero-order chi connectivity index (χ0) is 17.6. The fraction of sp³-hybridized carbons (Fsp3) is 0.263. The Bertz CT molecular complexity index is 811. The molecular formula is C19H18ClN3O2. The first-order chi connectivity index (χ1) is 12.2. The molecule has 2 aromatic rings. The lowest BCUT2D eigenvalue weighted by Gasteiger charge is -2.27. The van der Waals surface area contributed by atoms with Gasteiger partial charge in [0.05, 0.1) is 24.8 Å². The monoisotopic (exact) mass is 355 g/mol. The number of nitrogens with zero attached hydrogens (tertiary/aromatic N) is 2. The number of anilines is 1. The quantitative estimate of drug-likeness (QED) is 0.913. The third kappa shape index (κ3) is 4.58. The van der Waals surface area contributed by atoms with Crippen LogP contribution in [0.15, 0.2) is 42.5 Å². The smallest absolute Gasteiger partial charge is 0.255 e. The maximum absolute atomic E-state index is 12.3. The van der Waals surface area contributed by atoms with Crippen molar-refractivity contribution in [3.8, 4) is 6.07 Å². The summed E-state index contributed by atoms with van der Waals surface area (Å²) < 4.78 is 5.35. The summed E-state index contributed by atoms with van der Waals surface area (Å²) in [4.78, 5) is 14.6. The Morgan fingerprint density at radius 1 is 1.24 bits per heavy atom. The molecular weight excluding hydrogens is 338 g/mol. The van der Waals surface area contributed by atoms with Crippen molar-refractivity contribution < 1.29 is 9.53 Å². The maximum atomic E-state index is 12.3. The lowest BCUT2D eigenvalue weighted by molar-refractivity contribution is 0.0342. The minimum Gasteiger partial charge on any atom is -0.379 e. The van der Waals surface area contributed by atoms with Crippen LogP contribution in [-0.2, 0) is 11.3 Å². The lowest BCUT2D eigenvalue weighted by atomic mass is 10.1. The molecule has 5 nitrogen and oxygen atoms in total. The van der Waals surface area contributed by atoms with Gasteiger partial charge in [0.15, 0.2) is 0 Å². The minimum absolute atomic E-state index is 0.269. The Kier molecular flexibility index (Phi) is 5.67. The SMILES string of the molecule is N#Cc1cccc(C(=O)Nc2ccc(CN3CCOCC3)c(Cl)c2)c1. The van der Waals surface area contributed by atoms with Crippen LogP contribution in [0, 0.1) is 11.3 Å². The van der Waals surface area contributed by atoms with Gasteiger partial charge < -0.3 is 10.1 Å². The molecule has 1 amide bonds. The average molecular weight is 356 g/mol. The van der Waals surface area contributed by atoms with Gasteiger partial charge in [0.25, 0.3) is 5.91 Å². The van der Waals surface area contributed by atoms with Gasteiger partial charge in [0.2, 0.25) is 0 Å². The molecule has 1 aliphatic heterocycles. The third-order valence-electron chi connectivity index (χ3n) is 4.06. The summed E-state index contributed by atoms with van der Waals surface area (Å²) in [7, 11) is 0. The van der Waals surface area contributed by atoms with Crippen LogP contribution in [0.25, 0.3) is 0 Å². The number of benzene rings is 2. The number of morpholine rings is 1. The third-order valence-corrected chi connectivity index (χ3v) is 4.41. The van der Waals surface area contributed by atoms with Gasteiger partial charge in [-0.3, -0.25) is 9.69 Å². The van der Waals surface area contributed by atoms with Gasteiger partial charge in [-0.15, -0.1) is 0 Å². The summed E-state index contributed by atoms with van der Waals surface area (Å²) >= 11 is 6.37. The van der Waals surface area contributed by atoms with Crippen molar-refractivity contribution in [2.75, 3.05) is 31.6 Å². The van der Waals surface area contributed by atoms with E-state index in [9.17, 15) is 4.79 Å². The lowest BCUT2D eigenvalue weighted by Crippen LogP contribution is -2.35. The summed E-state index contributed by atoms with van der Waals surface area (Å²) in [5.41, 5.74) is 2.54. The van der Waals surface area contributed by atoms with Gasteiger partial charge in [-0.25, -0.2) is 0 Å². The van der Waals surface area contributed by atoms with Gasteiger partial charge in [-0.1, -0.05) is 23.7 Å². The molecule has 0 unspecified atom stereocenters. The first-order valence-corrected chi connectivity index (χ1v) is 8.43. The fourth-order valence-electron chi connectivity index (χ4n) is 2.69. The van der Waals surface area contributed by atoms with Crippen molar-refractivity contribution >= 4 is 23.2 Å². The normalized spacial score (nSPS) is 14.7. The Balaban J connectivity index is 1.67. The van der Waals surface area contributed by atoms with E-state index in [1.807, 2.05) is 18.2 Å². The molecule has 0 aromatic heterocycles. The molecule has 0 saturated carbocycles. The first kappa shape index (κ1) is 17.4. The van der Waals surface area contributed by atoms with E-state index in [-0.39, 0.29) is 5.91 Å². The Hall–Kier alpha value is -2.39. The Morgan fingerprint density at radius 3 is 2.76 bits per heavy atom. The van der Waals surface area contributed by atoms with E-state index in [1.54, 1.807) is 30.3 Å². The zero-order valence-corrected chi connectivity index (χ0v) is 14.4. The highest BCUT2D eigenvalue weighted by Crippen LogP contribution is 2.23. The molecule has 1 fully saturated rings. The van der Waals surface area contributed by atoms with Crippen molar-refractivity contribution in [3.63, 3.8) is 0 Å². The predicted octanol–water partition coefficient (Wildman–Crippen LogP) is 3.30. The molecule has 1 N–H and O–H groups in total. The summed E-state index contributed by atoms with van der Waals surface area (Å²) in [6.07, 6.45) is 0. The highest BCUT2D eigenvalue weighted by atomic mass is 35.5. The van der Waals surface area contributed by atoms with Gasteiger partial charge >= 0.3 is 0 Å². The number of carbonyl (C=O) groups excluding carboxylic acids is 1. The summed E-state index contributed by atoms with van der Waals surface area (Å²) in [6, 6.07) is 14.1. The van der Waals surface area contributed by atoms with E-state index in [1.165, 1.54) is 0 Å². The standard InChI is InChI=1S/C19H18ClN3O2/c20-18-11-17(5-4-16(18)13-23-6-8-25-9-7-23)22-19(24)15-3-1-2-14(10-15)12-21/h1-5,10-11H,6-9,13H2,(H,22,24). The molecule has 25 heavy (non-hydrogen) atoms. The second-order valence-electron chi connectivity index (χ2n) is 5.84. The van der Waals surface area contributed by atoms with E-state index in [0.717, 1.165) is 38.4 Å². The van der Waals surface area contributed by atoms with Crippen LogP contribution in [-0.4, -0.2) is 37.1 Å². The molecule has 0 aliphatic carbocycles. The molecule has 0 spiro atoms. The van der Waals surface area contributed by atoms with E-state index in [0.29, 0.717) is 21.8 Å². The minimum atomic E-state index is -0.269. The molecule has 128 valence electrons. The van der Waals surface area contributed by atoms with Crippen molar-refractivity contribution in [2.24, 2.45) is 0 Å². The summed E-state index contributed by atoms with van der Waals surface area (Å²) in [6.45, 7) is 4.04. The van der Waals surface area contributed by atoms with Crippen molar-refractivity contribution in [2.45, 2.75) is 6.54 Å². The fourth-order valence-corrected chi connectivity index (χ4v) is 2.93. The number of hydrogen-bond donors (Lipinski definition) is 1. The van der Waals surface area contributed by atoms with Gasteiger partial charge in [0, 0.05) is 35.9 Å². The van der Waals surface area contributed by atoms with Crippen molar-refractivity contribution in [3.05, 3.63) is 64.2 Å². The molecule has 3 rings (SSSR count). The van der Waals surface area contributed by atoms with Crippen LogP contribution in [0.1, 0.15) is 21.5 Å².